The Kier molecular flexibility index (Phi) is 3.97. The molecule has 4 heteroatoms. The largest absolute Gasteiger partial charge is 0.459 e. The monoisotopic (exact) mass is 286 g/mol. The van der Waals surface area contributed by atoms with Crippen LogP contribution < -0.4 is 5.32 Å². The summed E-state index contributed by atoms with van der Waals surface area (Å²) in [6, 6.07) is 9.85. The molecule has 1 saturated heterocycles. The van der Waals surface area contributed by atoms with Crippen molar-refractivity contribution >= 4 is 16.9 Å². The van der Waals surface area contributed by atoms with E-state index < -0.39 is 0 Å². The van der Waals surface area contributed by atoms with E-state index in [0.717, 1.165) is 42.5 Å². The minimum absolute atomic E-state index is 0.0458. The molecule has 112 valence electrons. The maximum absolute atomic E-state index is 12.5. The summed E-state index contributed by atoms with van der Waals surface area (Å²) >= 11 is 0. The number of fused-ring (bicyclic) bond motifs is 1. The first kappa shape index (κ1) is 14.1. The summed E-state index contributed by atoms with van der Waals surface area (Å²) in [6.07, 6.45) is 3.21. The molecular formula is C17H22N2O2. The van der Waals surface area contributed by atoms with E-state index in [0.29, 0.717) is 0 Å². The van der Waals surface area contributed by atoms with Crippen LogP contribution in [-0.2, 0) is 4.79 Å². The molecule has 1 amide bonds. The normalized spacial score (nSPS) is 20.4. The number of carbonyl (C=O) groups excluding carboxylic acids is 1. The zero-order valence-electron chi connectivity index (χ0n) is 12.6. The minimum atomic E-state index is -0.0615. The van der Waals surface area contributed by atoms with Crippen molar-refractivity contribution < 1.29 is 9.21 Å². The Bertz CT molecular complexity index is 596. The van der Waals surface area contributed by atoms with Crippen LogP contribution in [0, 0.1) is 0 Å². The van der Waals surface area contributed by atoms with Gasteiger partial charge in [0.1, 0.15) is 11.3 Å². The van der Waals surface area contributed by atoms with Crippen LogP contribution in [0.3, 0.4) is 0 Å². The molecule has 1 aliphatic heterocycles. The van der Waals surface area contributed by atoms with E-state index in [1.165, 1.54) is 0 Å². The third-order valence-corrected chi connectivity index (χ3v) is 4.39. The van der Waals surface area contributed by atoms with Crippen molar-refractivity contribution in [1.82, 2.24) is 10.2 Å². The van der Waals surface area contributed by atoms with E-state index in [1.807, 2.05) is 44.3 Å². The maximum Gasteiger partial charge on any atom is 0.240 e. The zero-order chi connectivity index (χ0) is 14.8. The Morgan fingerprint density at radius 1 is 1.38 bits per heavy atom. The van der Waals surface area contributed by atoms with E-state index in [1.54, 1.807) is 4.90 Å². The van der Waals surface area contributed by atoms with Crippen LogP contribution in [0.25, 0.3) is 11.0 Å². The van der Waals surface area contributed by atoms with E-state index in [2.05, 4.69) is 5.32 Å². The van der Waals surface area contributed by atoms with Gasteiger partial charge in [-0.3, -0.25) is 4.79 Å². The lowest BCUT2D eigenvalue weighted by atomic mass is 10.0. The topological polar surface area (TPSA) is 45.5 Å². The van der Waals surface area contributed by atoms with E-state index in [4.69, 9.17) is 4.42 Å². The highest BCUT2D eigenvalue weighted by Gasteiger charge is 2.28. The molecule has 1 unspecified atom stereocenters. The van der Waals surface area contributed by atoms with Crippen molar-refractivity contribution in [2.45, 2.75) is 38.3 Å². The van der Waals surface area contributed by atoms with E-state index in [9.17, 15) is 4.79 Å². The summed E-state index contributed by atoms with van der Waals surface area (Å²) in [7, 11) is 1.86. The molecule has 0 radical (unpaired) electrons. The number of rotatable bonds is 3. The highest BCUT2D eigenvalue weighted by molar-refractivity contribution is 5.82. The Morgan fingerprint density at radius 2 is 2.19 bits per heavy atom. The number of likely N-dealkylation sites (N-methyl/N-ethyl adjacent to an activating group) is 1. The van der Waals surface area contributed by atoms with Gasteiger partial charge in [-0.05, 0) is 38.4 Å². The number of piperidine rings is 1. The van der Waals surface area contributed by atoms with E-state index in [-0.39, 0.29) is 18.0 Å². The van der Waals surface area contributed by atoms with Crippen LogP contribution in [0.2, 0.25) is 0 Å². The lowest BCUT2D eigenvalue weighted by Gasteiger charge is -2.30. The highest BCUT2D eigenvalue weighted by atomic mass is 16.3. The summed E-state index contributed by atoms with van der Waals surface area (Å²) in [6.45, 7) is 2.95. The number of benzene rings is 1. The van der Waals surface area contributed by atoms with E-state index >= 15 is 0 Å². The molecule has 3 rings (SSSR count). The average molecular weight is 286 g/mol. The fourth-order valence-electron chi connectivity index (χ4n) is 2.90. The van der Waals surface area contributed by atoms with Gasteiger partial charge in [0.15, 0.2) is 0 Å². The summed E-state index contributed by atoms with van der Waals surface area (Å²) in [5.74, 6) is 0.991. The quantitative estimate of drug-likeness (QED) is 0.943. The van der Waals surface area contributed by atoms with Gasteiger partial charge in [-0.2, -0.15) is 0 Å². The van der Waals surface area contributed by atoms with Gasteiger partial charge in [-0.1, -0.05) is 24.6 Å². The molecule has 2 aromatic rings. The third-order valence-electron chi connectivity index (χ3n) is 4.39. The smallest absolute Gasteiger partial charge is 0.240 e. The Morgan fingerprint density at radius 3 is 2.90 bits per heavy atom. The Hall–Kier alpha value is -1.81. The summed E-state index contributed by atoms with van der Waals surface area (Å²) in [4.78, 5) is 14.3. The van der Waals surface area contributed by atoms with Crippen molar-refractivity contribution in [3.8, 4) is 0 Å². The average Bonchev–Trinajstić information content (AvgIpc) is 2.97. The van der Waals surface area contributed by atoms with Gasteiger partial charge < -0.3 is 14.6 Å². The molecule has 2 heterocycles. The molecule has 2 atom stereocenters. The van der Waals surface area contributed by atoms with Crippen LogP contribution in [0.1, 0.15) is 38.0 Å². The maximum atomic E-state index is 12.5. The highest BCUT2D eigenvalue weighted by Crippen LogP contribution is 2.27. The van der Waals surface area contributed by atoms with Crippen LogP contribution in [0.4, 0.5) is 0 Å². The third kappa shape index (κ3) is 2.81. The lowest BCUT2D eigenvalue weighted by molar-refractivity contribution is -0.135. The molecule has 0 saturated carbocycles. The second kappa shape index (κ2) is 5.90. The predicted octanol–water partition coefficient (Wildman–Crippen LogP) is 3.09. The summed E-state index contributed by atoms with van der Waals surface area (Å²) in [5, 5.41) is 4.39. The van der Waals surface area contributed by atoms with Gasteiger partial charge in [0.05, 0.1) is 12.1 Å². The molecule has 1 aliphatic rings. The molecular weight excluding hydrogens is 264 g/mol. The van der Waals surface area contributed by atoms with Gasteiger partial charge in [0.2, 0.25) is 5.91 Å². The number of hydrogen-bond acceptors (Lipinski definition) is 3. The molecule has 1 fully saturated rings. The molecule has 4 nitrogen and oxygen atoms in total. The first-order valence-electron chi connectivity index (χ1n) is 7.65. The number of amides is 1. The summed E-state index contributed by atoms with van der Waals surface area (Å²) in [5.41, 5.74) is 0.871. The van der Waals surface area contributed by atoms with Crippen LogP contribution in [-0.4, -0.2) is 30.4 Å². The second-order valence-electron chi connectivity index (χ2n) is 5.81. The van der Waals surface area contributed by atoms with Crippen molar-refractivity contribution in [2.24, 2.45) is 0 Å². The molecule has 0 aliphatic carbocycles. The fraction of sp³-hybridized carbons (Fsp3) is 0.471. The number of hydrogen-bond donors (Lipinski definition) is 1. The van der Waals surface area contributed by atoms with Gasteiger partial charge in [-0.15, -0.1) is 0 Å². The Balaban J connectivity index is 1.76. The fourth-order valence-corrected chi connectivity index (χ4v) is 2.90. The molecule has 0 spiro atoms. The van der Waals surface area contributed by atoms with Crippen LogP contribution >= 0.6 is 0 Å². The van der Waals surface area contributed by atoms with Crippen LogP contribution in [0.5, 0.6) is 0 Å². The summed E-state index contributed by atoms with van der Waals surface area (Å²) < 4.78 is 5.87. The van der Waals surface area contributed by atoms with Crippen molar-refractivity contribution in [1.29, 1.82) is 0 Å². The SMILES string of the molecule is CC(c1cc2ccccc2o1)N(C)C(=O)[C@H]1CCCCN1. The molecule has 1 N–H and O–H groups in total. The minimum Gasteiger partial charge on any atom is -0.459 e. The number of para-hydroxylation sites is 1. The number of nitrogens with one attached hydrogen (secondary N) is 1. The van der Waals surface area contributed by atoms with Crippen molar-refractivity contribution in [3.05, 3.63) is 36.1 Å². The second-order valence-corrected chi connectivity index (χ2v) is 5.81. The lowest BCUT2D eigenvalue weighted by Crippen LogP contribution is -2.47. The van der Waals surface area contributed by atoms with Gasteiger partial charge >= 0.3 is 0 Å². The predicted molar refractivity (Wildman–Crippen MR) is 83.0 cm³/mol. The molecule has 1 aromatic heterocycles. The molecule has 1 aromatic carbocycles. The Labute approximate surface area is 125 Å². The first-order valence-corrected chi connectivity index (χ1v) is 7.65. The molecule has 0 bridgehead atoms. The zero-order valence-corrected chi connectivity index (χ0v) is 12.6. The van der Waals surface area contributed by atoms with Gasteiger partial charge in [0, 0.05) is 12.4 Å². The first-order chi connectivity index (χ1) is 10.2. The molecule has 21 heavy (non-hydrogen) atoms. The van der Waals surface area contributed by atoms with Gasteiger partial charge in [-0.25, -0.2) is 0 Å². The standard InChI is InChI=1S/C17H22N2O2/c1-12(16-11-13-7-3-4-9-15(13)21-16)19(2)17(20)14-8-5-6-10-18-14/h3-4,7,9,11-12,14,18H,5-6,8,10H2,1-2H3/t12?,14-/m1/s1. The van der Waals surface area contributed by atoms with Crippen molar-refractivity contribution in [2.75, 3.05) is 13.6 Å². The number of nitrogens with zero attached hydrogens (tertiary/aromatic N) is 1. The van der Waals surface area contributed by atoms with Crippen LogP contribution in [0.15, 0.2) is 34.7 Å². The number of carbonyl (C=O) groups is 1. The van der Waals surface area contributed by atoms with Crippen molar-refractivity contribution in [3.63, 3.8) is 0 Å². The number of furan rings is 1. The van der Waals surface area contributed by atoms with Gasteiger partial charge in [0.25, 0.3) is 0 Å².